The molecule has 0 bridgehead atoms. The van der Waals surface area contributed by atoms with Crippen LogP contribution in [-0.4, -0.2) is 9.85 Å². The molecule has 0 aliphatic rings. The standard InChI is InChI=1S/C13H9N2O4/c16-14(17)12-5-1-3-10(8-12)7-11-4-2-6-13(9-11)15(18)19/h1-9H. The normalized spacial score (nSPS) is 10.1. The smallest absolute Gasteiger partial charge is 0.258 e. The topological polar surface area (TPSA) is 86.3 Å². The second kappa shape index (κ2) is 5.26. The summed E-state index contributed by atoms with van der Waals surface area (Å²) >= 11 is 0. The van der Waals surface area contributed by atoms with Crippen molar-refractivity contribution in [1.29, 1.82) is 0 Å². The maximum absolute atomic E-state index is 10.7. The predicted molar refractivity (Wildman–Crippen MR) is 68.7 cm³/mol. The summed E-state index contributed by atoms with van der Waals surface area (Å²) in [6.07, 6.45) is 1.65. The molecule has 2 aromatic rings. The van der Waals surface area contributed by atoms with Crippen LogP contribution in [0.2, 0.25) is 0 Å². The van der Waals surface area contributed by atoms with E-state index >= 15 is 0 Å². The third kappa shape index (κ3) is 3.12. The van der Waals surface area contributed by atoms with Crippen LogP contribution in [0.3, 0.4) is 0 Å². The molecule has 0 spiro atoms. The molecule has 0 saturated carbocycles. The Kier molecular flexibility index (Phi) is 3.51. The molecule has 0 aromatic heterocycles. The summed E-state index contributed by atoms with van der Waals surface area (Å²) in [6, 6.07) is 12.2. The summed E-state index contributed by atoms with van der Waals surface area (Å²) in [5.41, 5.74) is 1.21. The molecule has 0 saturated heterocycles. The van der Waals surface area contributed by atoms with E-state index in [1.54, 1.807) is 30.7 Å². The van der Waals surface area contributed by atoms with Gasteiger partial charge in [0.2, 0.25) is 0 Å². The lowest BCUT2D eigenvalue weighted by Gasteiger charge is -2.01. The molecule has 19 heavy (non-hydrogen) atoms. The summed E-state index contributed by atoms with van der Waals surface area (Å²) in [4.78, 5) is 20.3. The van der Waals surface area contributed by atoms with Crippen LogP contribution in [0.1, 0.15) is 11.1 Å². The van der Waals surface area contributed by atoms with Crippen molar-refractivity contribution in [1.82, 2.24) is 0 Å². The first kappa shape index (κ1) is 12.7. The fraction of sp³-hybridized carbons (Fsp3) is 0. The van der Waals surface area contributed by atoms with Crippen molar-refractivity contribution >= 4 is 11.4 Å². The van der Waals surface area contributed by atoms with E-state index in [2.05, 4.69) is 0 Å². The van der Waals surface area contributed by atoms with Gasteiger partial charge in [-0.3, -0.25) is 20.2 Å². The highest BCUT2D eigenvalue weighted by atomic mass is 16.6. The Labute approximate surface area is 108 Å². The van der Waals surface area contributed by atoms with E-state index in [1.807, 2.05) is 0 Å². The number of nitro benzene ring substituents is 2. The van der Waals surface area contributed by atoms with Gasteiger partial charge in [-0.1, -0.05) is 24.3 Å². The van der Waals surface area contributed by atoms with Crippen molar-refractivity contribution < 1.29 is 9.85 Å². The van der Waals surface area contributed by atoms with Gasteiger partial charge in [-0.05, 0) is 11.1 Å². The fourth-order valence-electron chi connectivity index (χ4n) is 1.65. The van der Waals surface area contributed by atoms with Crippen molar-refractivity contribution in [3.8, 4) is 0 Å². The van der Waals surface area contributed by atoms with E-state index in [-0.39, 0.29) is 11.4 Å². The van der Waals surface area contributed by atoms with Gasteiger partial charge >= 0.3 is 0 Å². The minimum absolute atomic E-state index is 0.0146. The second-order valence-corrected chi connectivity index (χ2v) is 3.85. The van der Waals surface area contributed by atoms with Crippen molar-refractivity contribution in [2.45, 2.75) is 0 Å². The minimum atomic E-state index is -0.481. The molecule has 0 unspecified atom stereocenters. The van der Waals surface area contributed by atoms with E-state index in [4.69, 9.17) is 0 Å². The van der Waals surface area contributed by atoms with Gasteiger partial charge in [0.1, 0.15) is 0 Å². The molecule has 2 aromatic carbocycles. The van der Waals surface area contributed by atoms with Gasteiger partial charge in [0.05, 0.1) is 9.85 Å². The van der Waals surface area contributed by atoms with Gasteiger partial charge in [-0.25, -0.2) is 0 Å². The second-order valence-electron chi connectivity index (χ2n) is 3.85. The number of nitrogens with zero attached hydrogens (tertiary/aromatic N) is 2. The van der Waals surface area contributed by atoms with Crippen LogP contribution in [0.5, 0.6) is 0 Å². The Morgan fingerprint density at radius 1 is 0.789 bits per heavy atom. The van der Waals surface area contributed by atoms with Crippen molar-refractivity contribution in [2.24, 2.45) is 0 Å². The average Bonchev–Trinajstić information content (AvgIpc) is 2.39. The highest BCUT2D eigenvalue weighted by Crippen LogP contribution is 2.20. The summed E-state index contributed by atoms with van der Waals surface area (Å²) in [5.74, 6) is 0. The molecule has 0 aliphatic carbocycles. The Morgan fingerprint density at radius 2 is 1.21 bits per heavy atom. The molecule has 95 valence electrons. The molecular weight excluding hydrogens is 248 g/mol. The quantitative estimate of drug-likeness (QED) is 0.622. The van der Waals surface area contributed by atoms with Gasteiger partial charge in [-0.2, -0.15) is 0 Å². The first-order chi connectivity index (χ1) is 9.06. The van der Waals surface area contributed by atoms with Crippen LogP contribution in [0, 0.1) is 26.6 Å². The molecule has 6 heteroatoms. The number of hydrogen-bond acceptors (Lipinski definition) is 4. The average molecular weight is 257 g/mol. The number of rotatable bonds is 4. The molecule has 0 fully saturated rings. The van der Waals surface area contributed by atoms with E-state index in [1.165, 1.54) is 24.3 Å². The van der Waals surface area contributed by atoms with Crippen LogP contribution in [0.15, 0.2) is 48.5 Å². The zero-order chi connectivity index (χ0) is 13.8. The molecule has 6 nitrogen and oxygen atoms in total. The lowest BCUT2D eigenvalue weighted by Crippen LogP contribution is -1.92. The summed E-state index contributed by atoms with van der Waals surface area (Å²) < 4.78 is 0. The highest BCUT2D eigenvalue weighted by Gasteiger charge is 2.09. The van der Waals surface area contributed by atoms with Crippen LogP contribution < -0.4 is 0 Å². The monoisotopic (exact) mass is 257 g/mol. The molecule has 2 rings (SSSR count). The predicted octanol–water partition coefficient (Wildman–Crippen LogP) is 3.10. The van der Waals surface area contributed by atoms with Crippen LogP contribution >= 0.6 is 0 Å². The molecule has 0 N–H and O–H groups in total. The minimum Gasteiger partial charge on any atom is -0.258 e. The first-order valence-corrected chi connectivity index (χ1v) is 5.40. The highest BCUT2D eigenvalue weighted by molar-refractivity contribution is 5.46. The Morgan fingerprint density at radius 3 is 1.58 bits per heavy atom. The SMILES string of the molecule is O=[N+]([O-])c1cccc([CH]c2cccc([N+](=O)[O-])c2)c1. The summed E-state index contributed by atoms with van der Waals surface area (Å²) in [6.45, 7) is 0. The van der Waals surface area contributed by atoms with Crippen LogP contribution in [0.4, 0.5) is 11.4 Å². The Bertz CT molecular complexity index is 585. The molecular formula is C13H9N2O4. The van der Waals surface area contributed by atoms with Crippen molar-refractivity contribution in [3.63, 3.8) is 0 Å². The van der Waals surface area contributed by atoms with Gasteiger partial charge in [0.15, 0.2) is 0 Å². The number of benzene rings is 2. The first-order valence-electron chi connectivity index (χ1n) is 5.40. The molecule has 0 aliphatic heterocycles. The number of non-ortho nitro benzene ring substituents is 2. The third-order valence-electron chi connectivity index (χ3n) is 2.50. The maximum Gasteiger partial charge on any atom is 0.269 e. The van der Waals surface area contributed by atoms with Gasteiger partial charge in [0, 0.05) is 30.7 Å². The number of nitro groups is 2. The number of hydrogen-bond donors (Lipinski definition) is 0. The third-order valence-corrected chi connectivity index (χ3v) is 2.50. The van der Waals surface area contributed by atoms with Gasteiger partial charge in [-0.15, -0.1) is 0 Å². The van der Waals surface area contributed by atoms with Gasteiger partial charge in [0.25, 0.3) is 11.4 Å². The zero-order valence-corrected chi connectivity index (χ0v) is 9.72. The van der Waals surface area contributed by atoms with E-state index in [0.29, 0.717) is 11.1 Å². The van der Waals surface area contributed by atoms with Crippen molar-refractivity contribution in [2.75, 3.05) is 0 Å². The lowest BCUT2D eigenvalue weighted by atomic mass is 10.0. The molecule has 0 amide bonds. The largest absolute Gasteiger partial charge is 0.269 e. The van der Waals surface area contributed by atoms with Crippen LogP contribution in [0.25, 0.3) is 0 Å². The van der Waals surface area contributed by atoms with Gasteiger partial charge < -0.3 is 0 Å². The van der Waals surface area contributed by atoms with E-state index in [9.17, 15) is 20.2 Å². The van der Waals surface area contributed by atoms with E-state index in [0.717, 1.165) is 0 Å². The molecule has 0 heterocycles. The molecule has 0 atom stereocenters. The summed E-state index contributed by atoms with van der Waals surface area (Å²) in [5, 5.41) is 21.3. The lowest BCUT2D eigenvalue weighted by molar-refractivity contribution is -0.385. The fourth-order valence-corrected chi connectivity index (χ4v) is 1.65. The maximum atomic E-state index is 10.7. The Balaban J connectivity index is 2.26. The van der Waals surface area contributed by atoms with Crippen molar-refractivity contribution in [3.05, 3.63) is 86.3 Å². The summed E-state index contributed by atoms with van der Waals surface area (Å²) in [7, 11) is 0. The molecule has 1 radical (unpaired) electrons. The zero-order valence-electron chi connectivity index (χ0n) is 9.72. The van der Waals surface area contributed by atoms with E-state index < -0.39 is 9.85 Å². The Hall–Kier alpha value is -2.76. The van der Waals surface area contributed by atoms with Crippen LogP contribution in [-0.2, 0) is 0 Å².